The Bertz CT molecular complexity index is 2740. The molecule has 0 bridgehead atoms. The van der Waals surface area contributed by atoms with Crippen LogP contribution in [0.5, 0.6) is 0 Å². The smallest absolute Gasteiger partial charge is 0.407 e. The Morgan fingerprint density at radius 3 is 1.53 bits per heavy atom. The topological polar surface area (TPSA) is 211 Å². The maximum Gasteiger partial charge on any atom is 0.407 e. The summed E-state index contributed by atoms with van der Waals surface area (Å²) in [7, 11) is 0. The number of nitrogens with zero attached hydrogens (tertiary/aromatic N) is 1. The fourth-order valence-corrected chi connectivity index (χ4v) is 11.0. The number of fused-ring (bicyclic) bond motifs is 6. The molecule has 2 aliphatic carbocycles. The minimum Gasteiger partial charge on any atom is -0.481 e. The van der Waals surface area contributed by atoms with Crippen molar-refractivity contribution in [3.63, 3.8) is 0 Å². The number of carbonyl (C=O) groups is 5. The van der Waals surface area contributed by atoms with Gasteiger partial charge in [-0.15, -0.1) is 22.7 Å². The number of carboxylic acids is 1. The molecular formula is C56H60N6O8S2. The van der Waals surface area contributed by atoms with E-state index >= 15 is 0 Å². The molecule has 4 amide bonds. The highest BCUT2D eigenvalue weighted by atomic mass is 32.1. The van der Waals surface area contributed by atoms with Gasteiger partial charge in [0.05, 0.1) is 6.04 Å². The Kier molecular flexibility index (Phi) is 17.9. The summed E-state index contributed by atoms with van der Waals surface area (Å²) < 4.78 is 11.7. The van der Waals surface area contributed by atoms with Crippen LogP contribution in [-0.4, -0.2) is 85.3 Å². The van der Waals surface area contributed by atoms with Gasteiger partial charge in [-0.05, 0) is 99.5 Å². The molecule has 4 aromatic carbocycles. The van der Waals surface area contributed by atoms with Crippen LogP contribution in [0.15, 0.2) is 137 Å². The van der Waals surface area contributed by atoms with Crippen LogP contribution in [0.4, 0.5) is 9.59 Å². The van der Waals surface area contributed by atoms with E-state index in [0.717, 1.165) is 54.3 Å². The van der Waals surface area contributed by atoms with Gasteiger partial charge in [0.2, 0.25) is 11.8 Å². The largest absolute Gasteiger partial charge is 0.481 e. The lowest BCUT2D eigenvalue weighted by Crippen LogP contribution is -2.54. The number of carbonyl (C=O) groups excluding carboxylic acids is 4. The molecule has 0 radical (unpaired) electrons. The van der Waals surface area contributed by atoms with Crippen LogP contribution in [-0.2, 0) is 36.7 Å². The maximum absolute atomic E-state index is 14.2. The monoisotopic (exact) mass is 1010 g/mol. The van der Waals surface area contributed by atoms with Gasteiger partial charge in [0.15, 0.2) is 0 Å². The molecule has 3 atom stereocenters. The molecule has 2 aliphatic rings. The molecule has 16 heteroatoms. The van der Waals surface area contributed by atoms with Crippen LogP contribution in [0.25, 0.3) is 22.3 Å². The van der Waals surface area contributed by atoms with Crippen LogP contribution >= 0.6 is 22.7 Å². The molecule has 0 aliphatic heterocycles. The fraction of sp³-hybridized carbons (Fsp3) is 0.321. The third-order valence-corrected chi connectivity index (χ3v) is 14.9. The number of hydrogen-bond acceptors (Lipinski definition) is 10. The van der Waals surface area contributed by atoms with E-state index in [4.69, 9.17) is 20.3 Å². The van der Waals surface area contributed by atoms with Crippen molar-refractivity contribution in [3.05, 3.63) is 164 Å². The van der Waals surface area contributed by atoms with E-state index in [0.29, 0.717) is 45.1 Å². The highest BCUT2D eigenvalue weighted by Crippen LogP contribution is 2.45. The van der Waals surface area contributed by atoms with Crippen LogP contribution in [0.3, 0.4) is 0 Å². The number of ether oxygens (including phenoxy) is 2. The number of aliphatic carboxylic acids is 1. The van der Waals surface area contributed by atoms with Gasteiger partial charge in [-0.25, -0.2) is 9.59 Å². The molecule has 2 aromatic heterocycles. The zero-order valence-electron chi connectivity index (χ0n) is 39.9. The summed E-state index contributed by atoms with van der Waals surface area (Å²) in [5, 5.41) is 24.5. The predicted octanol–water partition coefficient (Wildman–Crippen LogP) is 9.18. The minimum absolute atomic E-state index is 0.0438. The molecular weight excluding hydrogens is 949 g/mol. The second-order valence-electron chi connectivity index (χ2n) is 18.0. The zero-order chi connectivity index (χ0) is 50.2. The van der Waals surface area contributed by atoms with Crippen LogP contribution in [0.2, 0.25) is 0 Å². The van der Waals surface area contributed by atoms with Gasteiger partial charge >= 0.3 is 18.2 Å². The van der Waals surface area contributed by atoms with E-state index in [1.807, 2.05) is 95.7 Å². The molecule has 0 saturated heterocycles. The Morgan fingerprint density at radius 1 is 0.556 bits per heavy atom. The molecule has 7 N–H and O–H groups in total. The molecule has 0 spiro atoms. The lowest BCUT2D eigenvalue weighted by molar-refractivity contribution is -0.137. The quantitative estimate of drug-likeness (QED) is 0.0183. The van der Waals surface area contributed by atoms with Crippen molar-refractivity contribution >= 4 is 58.5 Å². The number of carboxylic acid groups (broad SMARTS) is 1. The number of nitrogens with two attached hydrogens (primary N) is 1. The molecule has 8 rings (SSSR count). The van der Waals surface area contributed by atoms with Gasteiger partial charge in [-0.3, -0.25) is 19.4 Å². The molecule has 0 saturated carbocycles. The molecule has 0 fully saturated rings. The summed E-state index contributed by atoms with van der Waals surface area (Å²) in [5.74, 6) is -1.86. The number of hydrogen-bond donors (Lipinski definition) is 6. The molecule has 374 valence electrons. The number of thiophene rings is 2. The fourth-order valence-electron chi connectivity index (χ4n) is 9.50. The van der Waals surface area contributed by atoms with E-state index in [1.54, 1.807) is 11.3 Å². The van der Waals surface area contributed by atoms with Crippen molar-refractivity contribution < 1.29 is 38.6 Å². The number of unbranched alkanes of at least 4 members (excludes halogenated alkanes) is 3. The summed E-state index contributed by atoms with van der Waals surface area (Å²) in [5.41, 5.74) is 15.4. The molecule has 14 nitrogen and oxygen atoms in total. The molecule has 2 heterocycles. The van der Waals surface area contributed by atoms with Gasteiger partial charge in [-0.1, -0.05) is 116 Å². The summed E-state index contributed by atoms with van der Waals surface area (Å²) in [4.78, 5) is 72.5. The summed E-state index contributed by atoms with van der Waals surface area (Å²) >= 11 is 3.00. The molecule has 72 heavy (non-hydrogen) atoms. The van der Waals surface area contributed by atoms with Gasteiger partial charge in [0.25, 0.3) is 0 Å². The number of amides is 4. The number of nitrogens with one attached hydrogen (secondary N) is 4. The Morgan fingerprint density at radius 2 is 1.04 bits per heavy atom. The zero-order valence-corrected chi connectivity index (χ0v) is 41.6. The maximum atomic E-state index is 14.2. The average Bonchev–Trinajstić information content (AvgIpc) is 4.22. The first-order valence-electron chi connectivity index (χ1n) is 24.5. The van der Waals surface area contributed by atoms with Gasteiger partial charge in [-0.2, -0.15) is 0 Å². The Hall–Kier alpha value is -7.30. The van der Waals surface area contributed by atoms with Crippen molar-refractivity contribution in [2.24, 2.45) is 10.7 Å². The Balaban J connectivity index is 0.885. The average molecular weight is 1010 g/mol. The lowest BCUT2D eigenvalue weighted by Gasteiger charge is -2.23. The lowest BCUT2D eigenvalue weighted by atomic mass is 9.98. The summed E-state index contributed by atoms with van der Waals surface area (Å²) in [6.45, 7) is 0.802. The van der Waals surface area contributed by atoms with E-state index in [1.165, 1.54) is 11.3 Å². The summed E-state index contributed by atoms with van der Waals surface area (Å²) in [6, 6.07) is 37.4. The van der Waals surface area contributed by atoms with Crippen molar-refractivity contribution in [3.8, 4) is 22.3 Å². The predicted molar refractivity (Wildman–Crippen MR) is 281 cm³/mol. The van der Waals surface area contributed by atoms with Crippen molar-refractivity contribution in [2.45, 2.75) is 87.7 Å². The SMILES string of the molecule is NC(=NCCCCC(NC(=O)C(Cc1cccs1)NC(=O)OCC1c2ccccc2-c2ccccc21)C(=O)NCCCCCC(=O)O)C(Cc1cccs1)NC(=O)OCC1c2ccccc2-c2ccccc21. The van der Waals surface area contributed by atoms with E-state index in [2.05, 4.69) is 62.7 Å². The van der Waals surface area contributed by atoms with Crippen LogP contribution in [0.1, 0.15) is 88.8 Å². The normalized spacial score (nSPS) is 13.9. The molecule has 6 aromatic rings. The van der Waals surface area contributed by atoms with E-state index in [9.17, 15) is 24.0 Å². The number of benzene rings is 4. The number of aliphatic imine (C=N–C) groups is 1. The van der Waals surface area contributed by atoms with Crippen LogP contribution in [0, 0.1) is 0 Å². The summed E-state index contributed by atoms with van der Waals surface area (Å²) in [6.07, 6.45) is 2.16. The molecule has 3 unspecified atom stereocenters. The van der Waals surface area contributed by atoms with Crippen LogP contribution < -0.4 is 27.0 Å². The van der Waals surface area contributed by atoms with Gasteiger partial charge in [0, 0.05) is 53.9 Å². The van der Waals surface area contributed by atoms with Crippen molar-refractivity contribution in [2.75, 3.05) is 26.3 Å². The first-order chi connectivity index (χ1) is 35.1. The second kappa shape index (κ2) is 25.2. The first-order valence-corrected chi connectivity index (χ1v) is 26.3. The van der Waals surface area contributed by atoms with Gasteiger partial charge < -0.3 is 41.6 Å². The first kappa shape index (κ1) is 51.1. The highest BCUT2D eigenvalue weighted by molar-refractivity contribution is 7.10. The third kappa shape index (κ3) is 13.4. The van der Waals surface area contributed by atoms with E-state index < -0.39 is 48.1 Å². The second-order valence-corrected chi connectivity index (χ2v) is 20.0. The van der Waals surface area contributed by atoms with Gasteiger partial charge in [0.1, 0.15) is 31.1 Å². The third-order valence-electron chi connectivity index (χ3n) is 13.1. The number of amidine groups is 1. The number of rotatable bonds is 25. The van der Waals surface area contributed by atoms with Crippen molar-refractivity contribution in [1.82, 2.24) is 21.3 Å². The van der Waals surface area contributed by atoms with E-state index in [-0.39, 0.29) is 56.7 Å². The number of alkyl carbamates (subject to hydrolysis) is 2. The highest BCUT2D eigenvalue weighted by Gasteiger charge is 2.32. The standard InChI is InChI=1S/C56H60N6O8S2/c57-52(49(32-36-16-14-30-71-36)61-55(67)69-34-46-42-22-7-3-18-38(42)39-19-4-8-23-43(39)46)58-28-13-11-26-48(53(65)59-29-12-1-2-27-51(63)64)60-54(66)50(33-37-17-15-31-72-37)62-56(68)70-35-47-44-24-9-5-20-40(44)41-21-6-10-25-45(41)47/h3-10,14-25,30-31,46-50H,1-2,11-13,26-29,32-35H2,(H2,57,58)(H,59,65)(H,60,66)(H,61,67)(H,62,68)(H,63,64). The Labute approximate surface area is 427 Å². The van der Waals surface area contributed by atoms with Crippen molar-refractivity contribution in [1.29, 1.82) is 0 Å². The minimum atomic E-state index is -1.06.